The molecule has 0 aliphatic carbocycles. The minimum Gasteiger partial charge on any atom is -0.350 e. The lowest BCUT2D eigenvalue weighted by molar-refractivity contribution is -0.140. The molecule has 0 spiro atoms. The standard InChI is InChI=1S/C29H31Cl3N2O2S/c1-29(2,3)33-28(36)26(16-20-8-5-4-6-9-20)34(17-21-12-14-22(30)15-13-21)27(35)19-37-18-23-24(31)10-7-11-25(23)32/h4-15,26H,16-19H2,1-3H3,(H,33,36). The van der Waals surface area contributed by atoms with Crippen LogP contribution in [0.4, 0.5) is 0 Å². The zero-order valence-corrected chi connectivity index (χ0v) is 24.2. The molecule has 196 valence electrons. The predicted molar refractivity (Wildman–Crippen MR) is 156 cm³/mol. The van der Waals surface area contributed by atoms with Crippen molar-refractivity contribution >= 4 is 58.4 Å². The highest BCUT2D eigenvalue weighted by Crippen LogP contribution is 2.28. The summed E-state index contributed by atoms with van der Waals surface area (Å²) in [7, 11) is 0. The number of carbonyl (C=O) groups is 2. The number of rotatable bonds is 10. The van der Waals surface area contributed by atoms with Gasteiger partial charge in [0, 0.05) is 39.3 Å². The summed E-state index contributed by atoms with van der Waals surface area (Å²) < 4.78 is 0. The summed E-state index contributed by atoms with van der Waals surface area (Å²) in [6, 6.07) is 21.7. The van der Waals surface area contributed by atoms with Crippen molar-refractivity contribution in [3.8, 4) is 0 Å². The minimum absolute atomic E-state index is 0.145. The van der Waals surface area contributed by atoms with Crippen molar-refractivity contribution in [2.45, 2.75) is 51.1 Å². The van der Waals surface area contributed by atoms with Gasteiger partial charge >= 0.3 is 0 Å². The zero-order chi connectivity index (χ0) is 27.0. The number of hydrogen-bond donors (Lipinski definition) is 1. The molecule has 4 nitrogen and oxygen atoms in total. The number of amides is 2. The fraction of sp³-hybridized carbons (Fsp3) is 0.310. The van der Waals surface area contributed by atoms with E-state index in [2.05, 4.69) is 5.32 Å². The van der Waals surface area contributed by atoms with E-state index < -0.39 is 11.6 Å². The van der Waals surface area contributed by atoms with Gasteiger partial charge in [-0.2, -0.15) is 0 Å². The number of nitrogens with zero attached hydrogens (tertiary/aromatic N) is 1. The SMILES string of the molecule is CC(C)(C)NC(=O)C(Cc1ccccc1)N(Cc1ccc(Cl)cc1)C(=O)CSCc1c(Cl)cccc1Cl. The second kappa shape index (κ2) is 13.6. The molecule has 0 aliphatic rings. The minimum atomic E-state index is -0.700. The summed E-state index contributed by atoms with van der Waals surface area (Å²) in [5.74, 6) is 0.311. The Kier molecular flexibility index (Phi) is 10.8. The molecule has 0 aliphatic heterocycles. The summed E-state index contributed by atoms with van der Waals surface area (Å²) in [4.78, 5) is 28.9. The number of nitrogens with one attached hydrogen (secondary N) is 1. The maximum Gasteiger partial charge on any atom is 0.243 e. The summed E-state index contributed by atoms with van der Waals surface area (Å²) in [6.07, 6.45) is 0.392. The molecular formula is C29H31Cl3N2O2S. The van der Waals surface area contributed by atoms with Gasteiger partial charge in [-0.05, 0) is 61.7 Å². The van der Waals surface area contributed by atoms with Crippen LogP contribution in [0.25, 0.3) is 0 Å². The van der Waals surface area contributed by atoms with Crippen LogP contribution in [0.3, 0.4) is 0 Å². The van der Waals surface area contributed by atoms with E-state index in [1.165, 1.54) is 11.8 Å². The monoisotopic (exact) mass is 576 g/mol. The molecular weight excluding hydrogens is 547 g/mol. The fourth-order valence-corrected chi connectivity index (χ4v) is 5.56. The van der Waals surface area contributed by atoms with Gasteiger partial charge < -0.3 is 10.2 Å². The Morgan fingerprint density at radius 3 is 2.08 bits per heavy atom. The molecule has 1 N–H and O–H groups in total. The van der Waals surface area contributed by atoms with Crippen molar-refractivity contribution in [3.05, 3.63) is 105 Å². The predicted octanol–water partition coefficient (Wildman–Crippen LogP) is 7.43. The molecule has 1 unspecified atom stereocenters. The first-order valence-electron chi connectivity index (χ1n) is 11.9. The number of halogens is 3. The van der Waals surface area contributed by atoms with Gasteiger partial charge in [-0.15, -0.1) is 11.8 Å². The Balaban J connectivity index is 1.88. The van der Waals surface area contributed by atoms with Gasteiger partial charge in [-0.25, -0.2) is 0 Å². The molecule has 8 heteroatoms. The molecule has 3 aromatic rings. The van der Waals surface area contributed by atoms with Crippen LogP contribution in [-0.4, -0.2) is 34.0 Å². The van der Waals surface area contributed by atoms with E-state index in [0.29, 0.717) is 27.2 Å². The van der Waals surface area contributed by atoms with Gasteiger partial charge in [0.05, 0.1) is 5.75 Å². The van der Waals surface area contributed by atoms with Crippen molar-refractivity contribution in [3.63, 3.8) is 0 Å². The molecule has 0 saturated carbocycles. The Morgan fingerprint density at radius 2 is 1.49 bits per heavy atom. The molecule has 0 radical (unpaired) electrons. The van der Waals surface area contributed by atoms with E-state index in [4.69, 9.17) is 34.8 Å². The average Bonchev–Trinajstić information content (AvgIpc) is 2.83. The Hall–Kier alpha value is -2.18. The first-order chi connectivity index (χ1) is 17.5. The molecule has 0 fully saturated rings. The molecule has 3 rings (SSSR count). The van der Waals surface area contributed by atoms with Gasteiger partial charge in [-0.3, -0.25) is 9.59 Å². The Bertz CT molecular complexity index is 1180. The fourth-order valence-electron chi connectivity index (χ4n) is 3.79. The second-order valence-electron chi connectivity index (χ2n) is 9.79. The van der Waals surface area contributed by atoms with Crippen molar-refractivity contribution in [2.75, 3.05) is 5.75 Å². The van der Waals surface area contributed by atoms with Crippen LogP contribution in [0.15, 0.2) is 72.8 Å². The van der Waals surface area contributed by atoms with Gasteiger partial charge in [-0.1, -0.05) is 83.3 Å². The van der Waals surface area contributed by atoms with Crippen LogP contribution < -0.4 is 5.32 Å². The van der Waals surface area contributed by atoms with Crippen molar-refractivity contribution in [2.24, 2.45) is 0 Å². The van der Waals surface area contributed by atoms with E-state index in [1.807, 2.05) is 63.2 Å². The lowest BCUT2D eigenvalue weighted by Gasteiger charge is -2.34. The molecule has 0 bridgehead atoms. The summed E-state index contributed by atoms with van der Waals surface area (Å²) >= 11 is 20.1. The molecule has 2 amide bonds. The molecule has 0 heterocycles. The lowest BCUT2D eigenvalue weighted by atomic mass is 10.0. The maximum absolute atomic E-state index is 13.7. The third kappa shape index (κ3) is 9.26. The smallest absolute Gasteiger partial charge is 0.243 e. The molecule has 37 heavy (non-hydrogen) atoms. The Labute approximate surface area is 238 Å². The lowest BCUT2D eigenvalue weighted by Crippen LogP contribution is -2.54. The first-order valence-corrected chi connectivity index (χ1v) is 14.2. The van der Waals surface area contributed by atoms with Crippen LogP contribution in [0.5, 0.6) is 0 Å². The zero-order valence-electron chi connectivity index (χ0n) is 21.1. The largest absolute Gasteiger partial charge is 0.350 e. The van der Waals surface area contributed by atoms with Crippen LogP contribution >= 0.6 is 46.6 Å². The van der Waals surface area contributed by atoms with Crippen LogP contribution in [-0.2, 0) is 28.3 Å². The number of carbonyl (C=O) groups excluding carboxylic acids is 2. The maximum atomic E-state index is 13.7. The van der Waals surface area contributed by atoms with Crippen molar-refractivity contribution in [1.82, 2.24) is 10.2 Å². The third-order valence-corrected chi connectivity index (χ3v) is 7.47. The van der Waals surface area contributed by atoms with E-state index in [9.17, 15) is 9.59 Å². The topological polar surface area (TPSA) is 49.4 Å². The van der Waals surface area contributed by atoms with Gasteiger partial charge in [0.15, 0.2) is 0 Å². The highest BCUT2D eigenvalue weighted by atomic mass is 35.5. The van der Waals surface area contributed by atoms with Crippen LogP contribution in [0.2, 0.25) is 15.1 Å². The van der Waals surface area contributed by atoms with Crippen LogP contribution in [0.1, 0.15) is 37.5 Å². The number of hydrogen-bond acceptors (Lipinski definition) is 3. The first kappa shape index (κ1) is 29.4. The molecule has 0 aromatic heterocycles. The molecule has 3 aromatic carbocycles. The Morgan fingerprint density at radius 1 is 0.865 bits per heavy atom. The molecule has 0 saturated heterocycles. The number of benzene rings is 3. The molecule has 1 atom stereocenters. The van der Waals surface area contributed by atoms with E-state index in [-0.39, 0.29) is 24.1 Å². The summed E-state index contributed by atoms with van der Waals surface area (Å²) in [5.41, 5.74) is 2.20. The van der Waals surface area contributed by atoms with Crippen LogP contribution in [0, 0.1) is 0 Å². The van der Waals surface area contributed by atoms with E-state index in [0.717, 1.165) is 16.7 Å². The summed E-state index contributed by atoms with van der Waals surface area (Å²) in [5, 5.41) is 4.82. The van der Waals surface area contributed by atoms with E-state index in [1.54, 1.807) is 35.2 Å². The second-order valence-corrected chi connectivity index (χ2v) is 12.0. The normalized spacial score (nSPS) is 12.2. The average molecular weight is 578 g/mol. The van der Waals surface area contributed by atoms with Gasteiger partial charge in [0.25, 0.3) is 0 Å². The highest BCUT2D eigenvalue weighted by Gasteiger charge is 2.32. The summed E-state index contributed by atoms with van der Waals surface area (Å²) in [6.45, 7) is 6.07. The number of thioether (sulfide) groups is 1. The van der Waals surface area contributed by atoms with Gasteiger partial charge in [0.1, 0.15) is 6.04 Å². The third-order valence-electron chi connectivity index (χ3n) is 5.57. The highest BCUT2D eigenvalue weighted by molar-refractivity contribution is 7.99. The quantitative estimate of drug-likeness (QED) is 0.272. The van der Waals surface area contributed by atoms with Gasteiger partial charge in [0.2, 0.25) is 11.8 Å². The van der Waals surface area contributed by atoms with E-state index >= 15 is 0 Å². The van der Waals surface area contributed by atoms with Crippen molar-refractivity contribution < 1.29 is 9.59 Å². The van der Waals surface area contributed by atoms with Crippen molar-refractivity contribution in [1.29, 1.82) is 0 Å².